The lowest BCUT2D eigenvalue weighted by Crippen LogP contribution is -2.18. The molecule has 0 N–H and O–H groups in total. The Morgan fingerprint density at radius 3 is 2.70 bits per heavy atom. The van der Waals surface area contributed by atoms with Crippen molar-refractivity contribution in [1.82, 2.24) is 9.94 Å². The molecule has 1 rings (SSSR count). The predicted molar refractivity (Wildman–Crippen MR) is 33.7 cm³/mol. The molecule has 0 aliphatic carbocycles. The van der Waals surface area contributed by atoms with E-state index in [-0.39, 0.29) is 0 Å². The smallest absolute Gasteiger partial charge is 0.270 e. The molecule has 0 atom stereocenters. The van der Waals surface area contributed by atoms with E-state index in [9.17, 15) is 8.42 Å². The van der Waals surface area contributed by atoms with E-state index in [4.69, 9.17) is 0 Å². The van der Waals surface area contributed by atoms with Crippen molar-refractivity contribution in [3.8, 4) is 0 Å². The van der Waals surface area contributed by atoms with Crippen molar-refractivity contribution in [3.05, 3.63) is 18.5 Å². The van der Waals surface area contributed by atoms with E-state index in [0.29, 0.717) is 0 Å². The summed E-state index contributed by atoms with van der Waals surface area (Å²) >= 11 is 0. The maximum atomic E-state index is 10.4. The van der Waals surface area contributed by atoms with Crippen molar-refractivity contribution in [2.45, 2.75) is 0 Å². The van der Waals surface area contributed by atoms with Crippen molar-refractivity contribution < 1.29 is 12.7 Å². The molecule has 6 heteroatoms. The highest BCUT2D eigenvalue weighted by atomic mass is 32.2. The fraction of sp³-hybridized carbons (Fsp3) is 0.250. The molecule has 1 aromatic heterocycles. The third-order valence-corrected chi connectivity index (χ3v) is 1.12. The normalized spacial score (nSPS) is 11.3. The van der Waals surface area contributed by atoms with Gasteiger partial charge < -0.3 is 0 Å². The standard InChI is InChI=1S/C4H6N2O3S/c1-10(7,8)9-6-4-2-3-5-6/h2-4H,1H3. The van der Waals surface area contributed by atoms with Crippen LogP contribution in [0.2, 0.25) is 0 Å². The van der Waals surface area contributed by atoms with Gasteiger partial charge in [0.15, 0.2) is 0 Å². The Morgan fingerprint density at radius 1 is 1.60 bits per heavy atom. The Balaban J connectivity index is 2.75. The second-order valence-electron chi connectivity index (χ2n) is 1.69. The lowest BCUT2D eigenvalue weighted by atomic mass is 10.8. The van der Waals surface area contributed by atoms with Gasteiger partial charge in [0.05, 0.1) is 18.6 Å². The van der Waals surface area contributed by atoms with Gasteiger partial charge in [-0.15, -0.1) is 5.10 Å². The van der Waals surface area contributed by atoms with Gasteiger partial charge in [0.1, 0.15) is 0 Å². The Bertz CT molecular complexity index is 288. The SMILES string of the molecule is CS(=O)(=O)On1cccn1. The van der Waals surface area contributed by atoms with Crippen molar-refractivity contribution >= 4 is 10.1 Å². The first-order valence-corrected chi connectivity index (χ1v) is 4.29. The summed E-state index contributed by atoms with van der Waals surface area (Å²) in [5.74, 6) is 0. The minimum atomic E-state index is -3.45. The van der Waals surface area contributed by atoms with E-state index in [2.05, 4.69) is 9.38 Å². The Hall–Kier alpha value is -1.04. The largest absolute Gasteiger partial charge is 0.325 e. The van der Waals surface area contributed by atoms with Gasteiger partial charge in [0.25, 0.3) is 0 Å². The van der Waals surface area contributed by atoms with Crippen LogP contribution in [-0.2, 0) is 10.1 Å². The highest BCUT2D eigenvalue weighted by Gasteiger charge is 2.01. The highest BCUT2D eigenvalue weighted by molar-refractivity contribution is 7.86. The highest BCUT2D eigenvalue weighted by Crippen LogP contribution is 1.83. The Kier molecular flexibility index (Phi) is 1.62. The fourth-order valence-corrected chi connectivity index (χ4v) is 0.803. The molecule has 0 saturated heterocycles. The molecular weight excluding hydrogens is 156 g/mol. The third-order valence-electron chi connectivity index (χ3n) is 0.692. The van der Waals surface area contributed by atoms with Crippen molar-refractivity contribution in [2.24, 2.45) is 0 Å². The average Bonchev–Trinajstić information content (AvgIpc) is 2.12. The lowest BCUT2D eigenvalue weighted by Gasteiger charge is -1.97. The van der Waals surface area contributed by atoms with Crippen molar-refractivity contribution in [3.63, 3.8) is 0 Å². The molecule has 0 aromatic carbocycles. The quantitative estimate of drug-likeness (QED) is 0.575. The van der Waals surface area contributed by atoms with Crippen LogP contribution in [0.1, 0.15) is 0 Å². The summed E-state index contributed by atoms with van der Waals surface area (Å²) < 4.78 is 25.2. The molecule has 0 radical (unpaired) electrons. The zero-order chi connectivity index (χ0) is 7.61. The minimum absolute atomic E-state index is 0.870. The first-order valence-electron chi connectivity index (χ1n) is 2.47. The number of hydrogen-bond acceptors (Lipinski definition) is 4. The number of nitrogens with zero attached hydrogens (tertiary/aromatic N) is 2. The molecule has 0 amide bonds. The molecular formula is C4H6N2O3S. The second kappa shape index (κ2) is 2.30. The topological polar surface area (TPSA) is 61.2 Å². The van der Waals surface area contributed by atoms with Crippen LogP contribution < -0.4 is 4.28 Å². The van der Waals surface area contributed by atoms with Crippen LogP contribution in [0.4, 0.5) is 0 Å². The van der Waals surface area contributed by atoms with E-state index < -0.39 is 10.1 Å². The van der Waals surface area contributed by atoms with E-state index >= 15 is 0 Å². The molecule has 0 aliphatic heterocycles. The third kappa shape index (κ3) is 2.06. The van der Waals surface area contributed by atoms with Gasteiger partial charge in [-0.05, 0) is 6.07 Å². The van der Waals surface area contributed by atoms with Gasteiger partial charge >= 0.3 is 10.1 Å². The molecule has 0 spiro atoms. The second-order valence-corrected chi connectivity index (χ2v) is 3.24. The molecule has 1 heterocycles. The van der Waals surface area contributed by atoms with E-state index in [1.54, 1.807) is 6.07 Å². The zero-order valence-electron chi connectivity index (χ0n) is 5.26. The first kappa shape index (κ1) is 7.07. The summed E-state index contributed by atoms with van der Waals surface area (Å²) in [6.45, 7) is 0. The van der Waals surface area contributed by atoms with Gasteiger partial charge in [-0.3, -0.25) is 4.28 Å². The maximum Gasteiger partial charge on any atom is 0.325 e. The number of rotatable bonds is 2. The molecule has 56 valence electrons. The summed E-state index contributed by atoms with van der Waals surface area (Å²) in [6, 6.07) is 1.56. The van der Waals surface area contributed by atoms with Gasteiger partial charge in [-0.2, -0.15) is 8.42 Å². The number of aromatic nitrogens is 2. The van der Waals surface area contributed by atoms with Crippen molar-refractivity contribution in [1.29, 1.82) is 0 Å². The fourth-order valence-electron chi connectivity index (χ4n) is 0.438. The Labute approximate surface area is 58.3 Å². The van der Waals surface area contributed by atoms with E-state index in [1.807, 2.05) is 0 Å². The zero-order valence-corrected chi connectivity index (χ0v) is 6.08. The van der Waals surface area contributed by atoms with Gasteiger partial charge in [-0.25, -0.2) is 0 Å². The lowest BCUT2D eigenvalue weighted by molar-refractivity contribution is 0.242. The summed E-state index contributed by atoms with van der Waals surface area (Å²) in [5, 5.41) is 3.52. The van der Waals surface area contributed by atoms with Crippen LogP contribution in [-0.4, -0.2) is 24.6 Å². The summed E-state index contributed by atoms with van der Waals surface area (Å²) in [6.07, 6.45) is 3.76. The average molecular weight is 162 g/mol. The summed E-state index contributed by atoms with van der Waals surface area (Å²) in [5.41, 5.74) is 0. The number of hydrogen-bond donors (Lipinski definition) is 0. The summed E-state index contributed by atoms with van der Waals surface area (Å²) in [4.78, 5) is 0.870. The van der Waals surface area contributed by atoms with Crippen LogP contribution in [0, 0.1) is 0 Å². The molecule has 1 aromatic rings. The van der Waals surface area contributed by atoms with Gasteiger partial charge in [0.2, 0.25) is 0 Å². The van der Waals surface area contributed by atoms with Crippen LogP contribution in [0.3, 0.4) is 0 Å². The Morgan fingerprint density at radius 2 is 2.30 bits per heavy atom. The molecule has 0 fully saturated rings. The van der Waals surface area contributed by atoms with Gasteiger partial charge in [-0.1, -0.05) is 4.85 Å². The molecule has 0 bridgehead atoms. The molecule has 0 aliphatic rings. The summed E-state index contributed by atoms with van der Waals surface area (Å²) in [7, 11) is -3.45. The predicted octanol–water partition coefficient (Wildman–Crippen LogP) is -0.729. The van der Waals surface area contributed by atoms with Crippen LogP contribution in [0.5, 0.6) is 0 Å². The van der Waals surface area contributed by atoms with Gasteiger partial charge in [0, 0.05) is 0 Å². The molecule has 10 heavy (non-hydrogen) atoms. The minimum Gasteiger partial charge on any atom is -0.270 e. The maximum absolute atomic E-state index is 10.4. The molecule has 0 saturated carbocycles. The van der Waals surface area contributed by atoms with Crippen LogP contribution in [0.25, 0.3) is 0 Å². The molecule has 0 unspecified atom stereocenters. The molecule has 5 nitrogen and oxygen atoms in total. The van der Waals surface area contributed by atoms with Crippen LogP contribution in [0.15, 0.2) is 18.5 Å². The monoisotopic (exact) mass is 162 g/mol. The van der Waals surface area contributed by atoms with Crippen molar-refractivity contribution in [2.75, 3.05) is 6.26 Å². The van der Waals surface area contributed by atoms with E-state index in [0.717, 1.165) is 11.1 Å². The van der Waals surface area contributed by atoms with E-state index in [1.165, 1.54) is 12.4 Å². The first-order chi connectivity index (χ1) is 4.58. The van der Waals surface area contributed by atoms with Crippen LogP contribution >= 0.6 is 0 Å².